The van der Waals surface area contributed by atoms with Crippen molar-refractivity contribution in [3.8, 4) is 11.5 Å². The van der Waals surface area contributed by atoms with E-state index in [-0.39, 0.29) is 0 Å². The second kappa shape index (κ2) is 3.19. The summed E-state index contributed by atoms with van der Waals surface area (Å²) in [7, 11) is 0. The van der Waals surface area contributed by atoms with Crippen LogP contribution in [0.25, 0.3) is 10.8 Å². The molecule has 1 aliphatic heterocycles. The van der Waals surface area contributed by atoms with Crippen LogP contribution in [0.3, 0.4) is 0 Å². The maximum Gasteiger partial charge on any atom is 0.258 e. The highest BCUT2D eigenvalue weighted by Crippen LogP contribution is 2.94. The highest BCUT2D eigenvalue weighted by atomic mass is 16.7. The normalized spacial score (nSPS) is 58.6. The molecule has 8 aliphatic carbocycles. The quantitative estimate of drug-likeness (QED) is 0.728. The lowest BCUT2D eigenvalue weighted by molar-refractivity contribution is -0.134. The number of benzene rings is 2. The van der Waals surface area contributed by atoms with Gasteiger partial charge in [0.25, 0.3) is 5.79 Å². The third kappa shape index (κ3) is 0.875. The van der Waals surface area contributed by atoms with E-state index in [4.69, 9.17) is 9.47 Å². The van der Waals surface area contributed by atoms with E-state index < -0.39 is 5.79 Å². The van der Waals surface area contributed by atoms with Crippen molar-refractivity contribution in [3.63, 3.8) is 0 Å². The molecule has 0 N–H and O–H groups in total. The summed E-state index contributed by atoms with van der Waals surface area (Å²) >= 11 is 0. The minimum absolute atomic E-state index is 0.402. The fourth-order valence-corrected chi connectivity index (χ4v) is 11.2. The summed E-state index contributed by atoms with van der Waals surface area (Å²) in [5, 5.41) is 2.46. The molecule has 8 fully saturated rings. The molecule has 27 heavy (non-hydrogen) atoms. The van der Waals surface area contributed by atoms with Crippen LogP contribution in [0.2, 0.25) is 0 Å². The van der Waals surface area contributed by atoms with E-state index >= 15 is 0 Å². The highest BCUT2D eigenvalue weighted by molar-refractivity contribution is 5.92. The summed E-state index contributed by atoms with van der Waals surface area (Å²) in [4.78, 5) is 12.9. The van der Waals surface area contributed by atoms with E-state index in [1.54, 1.807) is 0 Å². The maximum absolute atomic E-state index is 12.9. The average molecular weight is 354 g/mol. The monoisotopic (exact) mass is 354 g/mol. The van der Waals surface area contributed by atoms with Crippen molar-refractivity contribution >= 4 is 16.6 Å². The average Bonchev–Trinajstić information content (AvgIpc) is 3.44. The Bertz CT molecular complexity index is 1050. The standard InChI is InChI=1S/C24H18O3/c25-23-19-11-12-16-18-14(20(12)23)13(19)17-15(11)21(16)24(22(17)18)26-9-5-7-3-1-2-4-8(7)6-10(9)27-24/h1-6,11-22H. The molecule has 0 amide bonds. The Hall–Kier alpha value is -2.03. The lowest BCUT2D eigenvalue weighted by atomic mass is 9.80. The number of fused-ring (bicyclic) bond motifs is 2. The molecular formula is C24H18O3. The van der Waals surface area contributed by atoms with Crippen molar-refractivity contribution in [2.24, 2.45) is 71.0 Å². The lowest BCUT2D eigenvalue weighted by Gasteiger charge is -2.30. The topological polar surface area (TPSA) is 35.5 Å². The van der Waals surface area contributed by atoms with Crippen molar-refractivity contribution in [3.05, 3.63) is 36.4 Å². The van der Waals surface area contributed by atoms with Crippen LogP contribution >= 0.6 is 0 Å². The molecule has 2 aromatic carbocycles. The van der Waals surface area contributed by atoms with Gasteiger partial charge >= 0.3 is 0 Å². The molecule has 3 heteroatoms. The lowest BCUT2D eigenvalue weighted by Crippen LogP contribution is -2.46. The summed E-state index contributed by atoms with van der Waals surface area (Å²) in [6.45, 7) is 0. The number of ketones is 1. The van der Waals surface area contributed by atoms with Gasteiger partial charge in [-0.3, -0.25) is 4.79 Å². The van der Waals surface area contributed by atoms with Gasteiger partial charge < -0.3 is 9.47 Å². The van der Waals surface area contributed by atoms with Gasteiger partial charge in [-0.1, -0.05) is 24.3 Å². The molecule has 1 spiro atoms. The molecule has 4 bridgehead atoms. The Morgan fingerprint density at radius 2 is 1.11 bits per heavy atom. The van der Waals surface area contributed by atoms with Gasteiger partial charge in [-0.2, -0.15) is 0 Å². The van der Waals surface area contributed by atoms with E-state index in [2.05, 4.69) is 36.4 Å². The number of Topliss-reactive ketones (excluding diaryl/α,β-unsaturated/α-hetero) is 1. The molecule has 0 aromatic heterocycles. The largest absolute Gasteiger partial charge is 0.448 e. The zero-order chi connectivity index (χ0) is 17.0. The molecular weight excluding hydrogens is 336 g/mol. The van der Waals surface area contributed by atoms with Crippen LogP contribution in [0.1, 0.15) is 0 Å². The molecule has 1 heterocycles. The second-order valence-corrected chi connectivity index (χ2v) is 10.7. The number of hydrogen-bond donors (Lipinski definition) is 0. The van der Waals surface area contributed by atoms with Crippen LogP contribution in [-0.4, -0.2) is 11.6 Å². The fraction of sp³-hybridized carbons (Fsp3) is 0.542. The number of ether oxygens (including phenoxy) is 2. The van der Waals surface area contributed by atoms with Crippen molar-refractivity contribution in [2.75, 3.05) is 0 Å². The molecule has 132 valence electrons. The minimum Gasteiger partial charge on any atom is -0.448 e. The summed E-state index contributed by atoms with van der Waals surface area (Å²) in [5.74, 6) is 9.73. The predicted octanol–water partition coefficient (Wildman–Crippen LogP) is 3.37. The van der Waals surface area contributed by atoms with Crippen molar-refractivity contribution in [1.82, 2.24) is 0 Å². The van der Waals surface area contributed by atoms with Crippen LogP contribution in [0.4, 0.5) is 0 Å². The van der Waals surface area contributed by atoms with E-state index in [1.807, 2.05) is 0 Å². The molecule has 0 saturated heterocycles. The summed E-state index contributed by atoms with van der Waals surface area (Å²) < 4.78 is 13.6. The first kappa shape index (κ1) is 12.4. The van der Waals surface area contributed by atoms with E-state index in [0.29, 0.717) is 76.8 Å². The minimum atomic E-state index is -0.402. The summed E-state index contributed by atoms with van der Waals surface area (Å²) in [6, 6.07) is 12.9. The van der Waals surface area contributed by atoms with Gasteiger partial charge in [0.15, 0.2) is 11.5 Å². The molecule has 9 aliphatic rings. The Labute approximate surface area is 156 Å². The third-order valence-corrected chi connectivity index (χ3v) is 10.8. The van der Waals surface area contributed by atoms with Crippen LogP contribution in [0, 0.1) is 71.0 Å². The Balaban J connectivity index is 1.20. The first-order chi connectivity index (χ1) is 13.3. The summed E-state index contributed by atoms with van der Waals surface area (Å²) in [6.07, 6.45) is 0. The molecule has 8 unspecified atom stereocenters. The summed E-state index contributed by atoms with van der Waals surface area (Å²) in [5.41, 5.74) is 0. The fourth-order valence-electron chi connectivity index (χ4n) is 11.2. The zero-order valence-corrected chi connectivity index (χ0v) is 14.6. The van der Waals surface area contributed by atoms with E-state index in [0.717, 1.165) is 11.5 Å². The highest BCUT2D eigenvalue weighted by Gasteiger charge is 2.97. The number of carbonyl (C=O) groups excluding carboxylic acids is 1. The van der Waals surface area contributed by atoms with Gasteiger partial charge in [0.2, 0.25) is 0 Å². The van der Waals surface area contributed by atoms with E-state index in [9.17, 15) is 4.79 Å². The third-order valence-electron chi connectivity index (χ3n) is 10.8. The van der Waals surface area contributed by atoms with Crippen LogP contribution in [0.15, 0.2) is 36.4 Å². The van der Waals surface area contributed by atoms with Gasteiger partial charge in [-0.05, 0) is 70.2 Å². The molecule has 3 nitrogen and oxygen atoms in total. The Kier molecular flexibility index (Phi) is 1.47. The van der Waals surface area contributed by atoms with Crippen molar-refractivity contribution in [2.45, 2.75) is 5.79 Å². The number of rotatable bonds is 0. The van der Waals surface area contributed by atoms with Crippen molar-refractivity contribution in [1.29, 1.82) is 0 Å². The van der Waals surface area contributed by atoms with Gasteiger partial charge in [0, 0.05) is 23.7 Å². The Morgan fingerprint density at radius 1 is 0.667 bits per heavy atom. The second-order valence-electron chi connectivity index (χ2n) is 10.7. The Morgan fingerprint density at radius 3 is 1.56 bits per heavy atom. The predicted molar refractivity (Wildman–Crippen MR) is 94.8 cm³/mol. The van der Waals surface area contributed by atoms with Crippen LogP contribution in [0.5, 0.6) is 11.5 Å². The first-order valence-corrected chi connectivity index (χ1v) is 10.7. The first-order valence-electron chi connectivity index (χ1n) is 10.7. The van der Waals surface area contributed by atoms with Crippen LogP contribution < -0.4 is 9.47 Å². The molecule has 8 saturated carbocycles. The smallest absolute Gasteiger partial charge is 0.258 e. The van der Waals surface area contributed by atoms with Gasteiger partial charge in [-0.15, -0.1) is 0 Å². The van der Waals surface area contributed by atoms with E-state index in [1.165, 1.54) is 10.8 Å². The molecule has 0 radical (unpaired) electrons. The van der Waals surface area contributed by atoms with Crippen LogP contribution in [-0.2, 0) is 4.79 Å². The molecule has 8 atom stereocenters. The zero-order valence-electron chi connectivity index (χ0n) is 14.6. The maximum atomic E-state index is 12.9. The molecule has 11 rings (SSSR count). The van der Waals surface area contributed by atoms with Gasteiger partial charge in [0.1, 0.15) is 5.78 Å². The molecule has 2 aromatic rings. The number of hydrogen-bond acceptors (Lipinski definition) is 3. The van der Waals surface area contributed by atoms with Gasteiger partial charge in [-0.25, -0.2) is 0 Å². The SMILES string of the molecule is O=C1C2C3C4C1C1C2C2C3C3C4C1C2C31Oc2cc3ccccc3cc2O1. The van der Waals surface area contributed by atoms with Crippen molar-refractivity contribution < 1.29 is 14.3 Å². The van der Waals surface area contributed by atoms with Gasteiger partial charge in [0.05, 0.1) is 0 Å². The number of carbonyl (C=O) groups is 1.